The Morgan fingerprint density at radius 1 is 1.05 bits per heavy atom. The predicted molar refractivity (Wildman–Crippen MR) is 219 cm³/mol. The summed E-state index contributed by atoms with van der Waals surface area (Å²) in [5, 5.41) is 6.07. The summed E-state index contributed by atoms with van der Waals surface area (Å²) in [6.07, 6.45) is 13.7. The van der Waals surface area contributed by atoms with Crippen LogP contribution in [0.25, 0.3) is 10.9 Å². The summed E-state index contributed by atoms with van der Waals surface area (Å²) in [7, 11) is -3.89. The van der Waals surface area contributed by atoms with Crippen molar-refractivity contribution in [2.75, 3.05) is 19.7 Å². The van der Waals surface area contributed by atoms with Crippen LogP contribution >= 0.6 is 0 Å². The quantitative estimate of drug-likeness (QED) is 0.0813. The van der Waals surface area contributed by atoms with Crippen LogP contribution in [0.5, 0.6) is 11.6 Å². The first kappa shape index (κ1) is 42.7. The van der Waals surface area contributed by atoms with Crippen LogP contribution in [-0.2, 0) is 35.6 Å². The van der Waals surface area contributed by atoms with Crippen molar-refractivity contribution in [2.45, 2.75) is 127 Å². The number of alkyl carbamates (subject to hydrolysis) is 1. The number of nitrogens with two attached hydrogens (primary N) is 1. The summed E-state index contributed by atoms with van der Waals surface area (Å²) < 4.78 is 45.4. The first-order valence-corrected chi connectivity index (χ1v) is 25.4. The van der Waals surface area contributed by atoms with Crippen molar-refractivity contribution in [3.05, 3.63) is 54.6 Å². The van der Waals surface area contributed by atoms with E-state index in [-0.39, 0.29) is 30.9 Å². The molecule has 1 aromatic heterocycles. The molecule has 7 atom stereocenters. The normalized spacial score (nSPS) is 30.6. The second-order valence-electron chi connectivity index (χ2n) is 16.9. The van der Waals surface area contributed by atoms with Gasteiger partial charge in [-0.1, -0.05) is 6.07 Å². The SMILES string of the molecule is C=C[C@@H]1[I-][C@]1(NC(=O)[C@@H]1C[C@@H]2CN1C(=O)[C@H](C1CCCC1)NC(=O)O[C@@H]1CCC[C@H]1CC/C=C/Cc1c(nc3ccccc3c1OCCCN)O2)C(=O)NS(=O)(=O)C1CC1. The zero-order chi connectivity index (χ0) is 42.0. The molecular formula is C43H56IN6O9S-. The molecule has 60 heavy (non-hydrogen) atoms. The number of nitrogens with zero attached hydrogens (tertiary/aromatic N) is 2. The number of fused-ring (bicyclic) bond motifs is 5. The van der Waals surface area contributed by atoms with E-state index in [2.05, 4.69) is 34.1 Å². The average Bonchev–Trinajstić information content (AvgIpc) is 4.02. The van der Waals surface area contributed by atoms with E-state index < -0.39 is 86.0 Å². The van der Waals surface area contributed by atoms with Crippen molar-refractivity contribution >= 4 is 44.7 Å². The van der Waals surface area contributed by atoms with Crippen molar-refractivity contribution in [1.82, 2.24) is 25.2 Å². The van der Waals surface area contributed by atoms with Crippen LogP contribution in [-0.4, -0.2) is 98.8 Å². The fraction of sp³-hybridized carbons (Fsp3) is 0.605. The fourth-order valence-corrected chi connectivity index (χ4v) is 13.5. The maximum absolute atomic E-state index is 15.0. The summed E-state index contributed by atoms with van der Waals surface area (Å²) in [5.41, 5.74) is 7.24. The van der Waals surface area contributed by atoms with Crippen LogP contribution in [0.3, 0.4) is 0 Å². The molecule has 3 aliphatic carbocycles. The Kier molecular flexibility index (Phi) is 12.9. The molecule has 6 aliphatic rings. The Morgan fingerprint density at radius 2 is 1.83 bits per heavy atom. The number of sulfonamides is 1. The molecule has 326 valence electrons. The van der Waals surface area contributed by atoms with Crippen molar-refractivity contribution < 1.29 is 63.0 Å². The third-order valence-corrected chi connectivity index (χ3v) is 18.4. The number of carbonyl (C=O) groups is 4. The molecule has 0 radical (unpaired) electrons. The Labute approximate surface area is 361 Å². The molecule has 5 N–H and O–H groups in total. The van der Waals surface area contributed by atoms with Crippen molar-refractivity contribution in [3.8, 4) is 11.6 Å². The fourth-order valence-electron chi connectivity index (χ4n) is 9.32. The van der Waals surface area contributed by atoms with Crippen LogP contribution < -0.4 is 51.8 Å². The Morgan fingerprint density at radius 3 is 2.58 bits per heavy atom. The number of benzene rings is 1. The standard InChI is InChI=1S/C43H56IN6O9S/c1-2-35-43(44-35,41(53)49-60(55,56)29-20-21-29)48-38(51)33-24-28-25-50(33)40(52)36(27-13-6-7-14-27)47-42(54)59-34-19-10-15-26(34)12-4-3-5-17-31-37(57-23-11-22-45)30-16-8-9-18-32(30)46-39(31)58-28/h2-3,5,8-9,16,18,26-29,33-36H,1,4,6-7,10-15,17,19-25,45H2,(H,47,54)(H,48,51)(H,49,53)/q-1/b5-3+/t26-,28-,33+,34-,35+,36+,43-/m1/s1. The van der Waals surface area contributed by atoms with E-state index in [1.165, 1.54) is 4.90 Å². The zero-order valence-electron chi connectivity index (χ0n) is 33.8. The molecule has 2 bridgehead atoms. The molecule has 17 heteroatoms. The average molecular weight is 960 g/mol. The van der Waals surface area contributed by atoms with Gasteiger partial charge in [0, 0.05) is 0 Å². The van der Waals surface area contributed by atoms with Gasteiger partial charge in [0.05, 0.1) is 0 Å². The minimum atomic E-state index is -3.89. The van der Waals surface area contributed by atoms with Gasteiger partial charge in [0.25, 0.3) is 0 Å². The molecule has 1 aromatic carbocycles. The van der Waals surface area contributed by atoms with Crippen molar-refractivity contribution in [3.63, 3.8) is 0 Å². The monoisotopic (exact) mass is 959 g/mol. The topological polar surface area (TPSA) is 208 Å². The molecule has 4 heterocycles. The molecule has 0 unspecified atom stereocenters. The van der Waals surface area contributed by atoms with E-state index in [1.54, 1.807) is 6.08 Å². The van der Waals surface area contributed by atoms with Crippen LogP contribution in [0, 0.1) is 11.8 Å². The number of alkyl halides is 2. The van der Waals surface area contributed by atoms with Crippen LogP contribution in [0.2, 0.25) is 0 Å². The summed E-state index contributed by atoms with van der Waals surface area (Å²) >= 11 is -1.06. The van der Waals surface area contributed by atoms with Gasteiger partial charge in [0.2, 0.25) is 0 Å². The number of halogens is 1. The van der Waals surface area contributed by atoms with Gasteiger partial charge >= 0.3 is 313 Å². The summed E-state index contributed by atoms with van der Waals surface area (Å²) in [6, 6.07) is 5.59. The Balaban J connectivity index is 1.16. The molecule has 5 fully saturated rings. The molecule has 2 aromatic rings. The third kappa shape index (κ3) is 9.13. The Bertz CT molecular complexity index is 2130. The van der Waals surface area contributed by atoms with Crippen LogP contribution in [0.1, 0.15) is 89.0 Å². The number of pyridine rings is 1. The third-order valence-electron chi connectivity index (χ3n) is 12.7. The van der Waals surface area contributed by atoms with Gasteiger partial charge in [0.1, 0.15) is 0 Å². The summed E-state index contributed by atoms with van der Waals surface area (Å²) in [6.45, 7) is 4.69. The number of allylic oxidation sites excluding steroid dienone is 2. The zero-order valence-corrected chi connectivity index (χ0v) is 36.8. The molecule has 4 amide bonds. The van der Waals surface area contributed by atoms with Gasteiger partial charge in [0.15, 0.2) is 0 Å². The van der Waals surface area contributed by atoms with Crippen molar-refractivity contribution in [2.24, 2.45) is 17.6 Å². The number of ether oxygens (including phenoxy) is 3. The van der Waals surface area contributed by atoms with E-state index in [0.717, 1.165) is 68.7 Å². The molecular weight excluding hydrogens is 903 g/mol. The molecule has 8 rings (SSSR count). The number of hydrogen-bond donors (Lipinski definition) is 4. The van der Waals surface area contributed by atoms with Gasteiger partial charge in [-0.05, 0) is 38.6 Å². The predicted octanol–water partition coefficient (Wildman–Crippen LogP) is 0.735. The molecule has 2 saturated heterocycles. The first-order chi connectivity index (χ1) is 29.0. The van der Waals surface area contributed by atoms with Crippen LogP contribution in [0.4, 0.5) is 4.79 Å². The number of aromatic nitrogens is 1. The minimum absolute atomic E-state index is 0.0100. The van der Waals surface area contributed by atoms with Gasteiger partial charge in [-0.15, -0.1) is 0 Å². The second-order valence-corrected chi connectivity index (χ2v) is 22.5. The number of para-hydroxylation sites is 1. The van der Waals surface area contributed by atoms with E-state index in [9.17, 15) is 27.6 Å². The van der Waals surface area contributed by atoms with Gasteiger partial charge in [-0.2, -0.15) is 0 Å². The summed E-state index contributed by atoms with van der Waals surface area (Å²) in [4.78, 5) is 63.5. The van der Waals surface area contributed by atoms with Crippen molar-refractivity contribution in [1.29, 1.82) is 0 Å². The second kappa shape index (κ2) is 18.2. The number of carbonyl (C=O) groups excluding carboxylic acids is 4. The first-order valence-electron chi connectivity index (χ1n) is 21.5. The number of nitrogens with one attached hydrogen (secondary N) is 3. The van der Waals surface area contributed by atoms with Gasteiger partial charge in [-0.3, -0.25) is 0 Å². The Hall–Kier alpha value is -3.97. The number of rotatable bonds is 11. The van der Waals surface area contributed by atoms with Crippen LogP contribution in [0.15, 0.2) is 49.1 Å². The summed E-state index contributed by atoms with van der Waals surface area (Å²) in [5.74, 6) is -0.849. The van der Waals surface area contributed by atoms with Gasteiger partial charge in [-0.25, -0.2) is 0 Å². The molecule has 15 nitrogen and oxygen atoms in total. The molecule has 0 spiro atoms. The van der Waals surface area contributed by atoms with E-state index in [1.807, 2.05) is 24.3 Å². The maximum atomic E-state index is 15.0. The van der Waals surface area contributed by atoms with E-state index in [4.69, 9.17) is 24.9 Å². The number of hydrogen-bond acceptors (Lipinski definition) is 11. The number of amides is 4. The van der Waals surface area contributed by atoms with Gasteiger partial charge < -0.3 is 5.73 Å². The van der Waals surface area contributed by atoms with E-state index >= 15 is 0 Å². The van der Waals surface area contributed by atoms with E-state index in [0.29, 0.717) is 56.0 Å². The molecule has 3 aliphatic heterocycles. The molecule has 3 saturated carbocycles.